The average Bonchev–Trinajstić information content (AvgIpc) is 3.08. The second-order valence-electron chi connectivity index (χ2n) is 5.24. The number of aliphatic hydroxyl groups excluding tert-OH is 1. The number of aliphatic hydroxyl groups is 1. The van der Waals surface area contributed by atoms with Crippen LogP contribution in [0.25, 0.3) is 0 Å². The molecule has 1 aromatic heterocycles. The van der Waals surface area contributed by atoms with E-state index in [4.69, 9.17) is 16.3 Å². The van der Waals surface area contributed by atoms with Gasteiger partial charge in [-0.3, -0.25) is 0 Å². The minimum Gasteiger partial charge on any atom is -0.495 e. The molecule has 3 N–H and O–H groups in total. The standard InChI is InChI=1S/C17H21ClN2O3S/c1-23-15-5-4-13(18)11-14(15)20-17(22)19-8-6-12(7-9-21)16-3-2-10-24-16/h2-5,10-12,21H,6-9H2,1H3,(H2,19,20,22)/t12-/m1/s1. The van der Waals surface area contributed by atoms with E-state index in [0.717, 1.165) is 6.42 Å². The second-order valence-corrected chi connectivity index (χ2v) is 6.65. The van der Waals surface area contributed by atoms with Crippen molar-refractivity contribution in [2.75, 3.05) is 25.6 Å². The van der Waals surface area contributed by atoms with Gasteiger partial charge in [-0.05, 0) is 48.4 Å². The number of urea groups is 1. The Morgan fingerprint density at radius 1 is 1.38 bits per heavy atom. The molecule has 130 valence electrons. The first-order valence-electron chi connectivity index (χ1n) is 7.66. The number of hydrogen-bond acceptors (Lipinski definition) is 4. The minimum absolute atomic E-state index is 0.133. The highest BCUT2D eigenvalue weighted by Crippen LogP contribution is 2.28. The van der Waals surface area contributed by atoms with E-state index in [9.17, 15) is 9.90 Å². The molecule has 0 spiro atoms. The summed E-state index contributed by atoms with van der Waals surface area (Å²) in [6.07, 6.45) is 1.45. The lowest BCUT2D eigenvalue weighted by molar-refractivity contribution is 0.250. The number of halogens is 1. The Bertz CT molecular complexity index is 649. The molecule has 2 aromatic rings. The van der Waals surface area contributed by atoms with Crippen molar-refractivity contribution in [3.05, 3.63) is 45.6 Å². The van der Waals surface area contributed by atoms with Crippen molar-refractivity contribution in [3.8, 4) is 5.75 Å². The van der Waals surface area contributed by atoms with E-state index in [1.165, 1.54) is 12.0 Å². The lowest BCUT2D eigenvalue weighted by atomic mass is 10.00. The summed E-state index contributed by atoms with van der Waals surface area (Å²) in [5.74, 6) is 0.794. The number of anilines is 1. The zero-order chi connectivity index (χ0) is 17.4. The topological polar surface area (TPSA) is 70.6 Å². The van der Waals surface area contributed by atoms with Gasteiger partial charge in [0.05, 0.1) is 12.8 Å². The molecule has 1 atom stereocenters. The Morgan fingerprint density at radius 2 is 2.21 bits per heavy atom. The molecule has 0 bridgehead atoms. The van der Waals surface area contributed by atoms with Gasteiger partial charge in [-0.15, -0.1) is 11.3 Å². The normalized spacial score (nSPS) is 11.8. The molecule has 0 radical (unpaired) electrons. The number of methoxy groups -OCH3 is 1. The first kappa shape index (κ1) is 18.6. The number of amides is 2. The molecular weight excluding hydrogens is 348 g/mol. The predicted molar refractivity (Wildman–Crippen MR) is 98.4 cm³/mol. The third-order valence-corrected chi connectivity index (χ3v) is 4.88. The van der Waals surface area contributed by atoms with Crippen molar-refractivity contribution in [2.45, 2.75) is 18.8 Å². The Morgan fingerprint density at radius 3 is 2.88 bits per heavy atom. The highest BCUT2D eigenvalue weighted by molar-refractivity contribution is 7.10. The maximum Gasteiger partial charge on any atom is 0.319 e. The Hall–Kier alpha value is -1.76. The number of benzene rings is 1. The Balaban J connectivity index is 1.85. The number of thiophene rings is 1. The first-order valence-corrected chi connectivity index (χ1v) is 8.92. The predicted octanol–water partition coefficient (Wildman–Crippen LogP) is 4.09. The SMILES string of the molecule is COc1ccc(Cl)cc1NC(=O)NCC[C@H](CCO)c1cccs1. The number of nitrogens with one attached hydrogen (secondary N) is 2. The summed E-state index contributed by atoms with van der Waals surface area (Å²) in [4.78, 5) is 13.3. The monoisotopic (exact) mass is 368 g/mol. The molecule has 0 fully saturated rings. The quantitative estimate of drug-likeness (QED) is 0.657. The van der Waals surface area contributed by atoms with Gasteiger partial charge in [-0.25, -0.2) is 4.79 Å². The number of carbonyl (C=O) groups is 1. The van der Waals surface area contributed by atoms with Gasteiger partial charge in [0.1, 0.15) is 5.75 Å². The summed E-state index contributed by atoms with van der Waals surface area (Å²) in [6, 6.07) is 8.78. The van der Waals surface area contributed by atoms with Crippen molar-refractivity contribution >= 4 is 34.7 Å². The average molecular weight is 369 g/mol. The molecule has 5 nitrogen and oxygen atoms in total. The van der Waals surface area contributed by atoms with Gasteiger partial charge >= 0.3 is 6.03 Å². The van der Waals surface area contributed by atoms with E-state index in [-0.39, 0.29) is 18.6 Å². The fourth-order valence-electron chi connectivity index (χ4n) is 2.41. The van der Waals surface area contributed by atoms with Gasteiger partial charge in [-0.2, -0.15) is 0 Å². The van der Waals surface area contributed by atoms with Gasteiger partial charge in [0.25, 0.3) is 0 Å². The van der Waals surface area contributed by atoms with E-state index < -0.39 is 0 Å². The fourth-order valence-corrected chi connectivity index (χ4v) is 3.48. The van der Waals surface area contributed by atoms with Gasteiger partial charge < -0.3 is 20.5 Å². The molecule has 0 unspecified atom stereocenters. The van der Waals surface area contributed by atoms with Crippen molar-refractivity contribution in [3.63, 3.8) is 0 Å². The highest BCUT2D eigenvalue weighted by Gasteiger charge is 2.13. The maximum absolute atomic E-state index is 12.1. The third-order valence-electron chi connectivity index (χ3n) is 3.61. The van der Waals surface area contributed by atoms with Crippen molar-refractivity contribution in [1.29, 1.82) is 0 Å². The molecule has 7 heteroatoms. The summed E-state index contributed by atoms with van der Waals surface area (Å²) >= 11 is 7.61. The molecule has 0 aliphatic rings. The molecule has 0 aliphatic carbocycles. The van der Waals surface area contributed by atoms with E-state index in [2.05, 4.69) is 16.7 Å². The molecule has 2 amide bonds. The zero-order valence-electron chi connectivity index (χ0n) is 13.4. The molecule has 0 saturated heterocycles. The van der Waals surface area contributed by atoms with E-state index in [1.807, 2.05) is 11.4 Å². The fraction of sp³-hybridized carbons (Fsp3) is 0.353. The van der Waals surface area contributed by atoms with Crippen LogP contribution in [0.5, 0.6) is 5.75 Å². The zero-order valence-corrected chi connectivity index (χ0v) is 15.0. The van der Waals surface area contributed by atoms with Crippen LogP contribution in [0, 0.1) is 0 Å². The molecular formula is C17H21ClN2O3S. The van der Waals surface area contributed by atoms with E-state index >= 15 is 0 Å². The summed E-state index contributed by atoms with van der Waals surface area (Å²) in [5, 5.41) is 17.3. The number of carbonyl (C=O) groups excluding carboxylic acids is 1. The van der Waals surface area contributed by atoms with E-state index in [0.29, 0.717) is 29.4 Å². The Labute approximate surface area is 150 Å². The highest BCUT2D eigenvalue weighted by atomic mass is 35.5. The van der Waals surface area contributed by atoms with Crippen molar-refractivity contribution in [1.82, 2.24) is 5.32 Å². The molecule has 0 aliphatic heterocycles. The lowest BCUT2D eigenvalue weighted by Crippen LogP contribution is -2.30. The van der Waals surface area contributed by atoms with Crippen LogP contribution in [0.1, 0.15) is 23.6 Å². The summed E-state index contributed by atoms with van der Waals surface area (Å²) in [5.41, 5.74) is 0.521. The molecule has 1 heterocycles. The number of ether oxygens (including phenoxy) is 1. The second kappa shape index (κ2) is 9.52. The Kier molecular flexibility index (Phi) is 7.36. The lowest BCUT2D eigenvalue weighted by Gasteiger charge is -2.15. The number of rotatable bonds is 8. The molecule has 1 aromatic carbocycles. The van der Waals surface area contributed by atoms with Crippen LogP contribution >= 0.6 is 22.9 Å². The number of hydrogen-bond donors (Lipinski definition) is 3. The van der Waals surface area contributed by atoms with Crippen LogP contribution < -0.4 is 15.4 Å². The van der Waals surface area contributed by atoms with Gasteiger partial charge in [-0.1, -0.05) is 17.7 Å². The molecule has 2 rings (SSSR count). The smallest absolute Gasteiger partial charge is 0.319 e. The van der Waals surface area contributed by atoms with Gasteiger partial charge in [0.15, 0.2) is 0 Å². The van der Waals surface area contributed by atoms with Gasteiger partial charge in [0.2, 0.25) is 0 Å². The molecule has 24 heavy (non-hydrogen) atoms. The minimum atomic E-state index is -0.315. The van der Waals surface area contributed by atoms with Crippen LogP contribution in [0.2, 0.25) is 5.02 Å². The third kappa shape index (κ3) is 5.40. The summed E-state index contributed by atoms with van der Waals surface area (Å²) in [7, 11) is 1.53. The van der Waals surface area contributed by atoms with Crippen LogP contribution in [0.3, 0.4) is 0 Å². The first-order chi connectivity index (χ1) is 11.6. The van der Waals surface area contributed by atoms with Crippen molar-refractivity contribution in [2.24, 2.45) is 0 Å². The largest absolute Gasteiger partial charge is 0.495 e. The maximum atomic E-state index is 12.1. The van der Waals surface area contributed by atoms with E-state index in [1.54, 1.807) is 29.5 Å². The summed E-state index contributed by atoms with van der Waals surface area (Å²) in [6.45, 7) is 0.645. The van der Waals surface area contributed by atoms with Crippen LogP contribution in [0.15, 0.2) is 35.7 Å². The van der Waals surface area contributed by atoms with Crippen molar-refractivity contribution < 1.29 is 14.6 Å². The molecule has 0 saturated carbocycles. The van der Waals surface area contributed by atoms with Crippen LogP contribution in [0.4, 0.5) is 10.5 Å². The summed E-state index contributed by atoms with van der Waals surface area (Å²) < 4.78 is 5.20. The van der Waals surface area contributed by atoms with Gasteiger partial charge in [0, 0.05) is 23.1 Å². The van der Waals surface area contributed by atoms with Crippen LogP contribution in [-0.2, 0) is 0 Å². The van der Waals surface area contributed by atoms with Crippen LogP contribution in [-0.4, -0.2) is 31.4 Å².